The highest BCUT2D eigenvalue weighted by molar-refractivity contribution is 5.62. The summed E-state index contributed by atoms with van der Waals surface area (Å²) in [7, 11) is 1.67. The summed E-state index contributed by atoms with van der Waals surface area (Å²) in [6.45, 7) is 3.10. The van der Waals surface area contributed by atoms with Gasteiger partial charge < -0.3 is 20.7 Å². The van der Waals surface area contributed by atoms with Gasteiger partial charge in [-0.05, 0) is 43.9 Å². The van der Waals surface area contributed by atoms with Crippen molar-refractivity contribution in [3.63, 3.8) is 0 Å². The maximum absolute atomic E-state index is 10.0. The van der Waals surface area contributed by atoms with Gasteiger partial charge in [0.15, 0.2) is 5.82 Å². The van der Waals surface area contributed by atoms with Crippen molar-refractivity contribution in [2.75, 3.05) is 7.11 Å². The van der Waals surface area contributed by atoms with Gasteiger partial charge in [-0.15, -0.1) is 0 Å². The second-order valence-electron chi connectivity index (χ2n) is 8.21. The minimum atomic E-state index is -0.833. The minimum absolute atomic E-state index is 0.153. The van der Waals surface area contributed by atoms with Gasteiger partial charge in [0, 0.05) is 43.3 Å². The molecule has 1 saturated carbocycles. The van der Waals surface area contributed by atoms with E-state index >= 15 is 0 Å². The van der Waals surface area contributed by atoms with Crippen LogP contribution in [-0.2, 0) is 11.2 Å². The number of aromatic nitrogens is 4. The summed E-state index contributed by atoms with van der Waals surface area (Å²) in [5.74, 6) is 1.78. The fraction of sp³-hybridized carbons (Fsp3) is 0.417. The van der Waals surface area contributed by atoms with Crippen molar-refractivity contribution in [2.24, 2.45) is 5.73 Å². The van der Waals surface area contributed by atoms with Gasteiger partial charge >= 0.3 is 0 Å². The molecule has 1 aromatic carbocycles. The number of carboxylic acid groups (broad SMARTS) is 1. The van der Waals surface area contributed by atoms with Crippen LogP contribution in [0.4, 0.5) is 0 Å². The van der Waals surface area contributed by atoms with E-state index in [1.165, 1.54) is 0 Å². The van der Waals surface area contributed by atoms with Crippen molar-refractivity contribution in [1.29, 1.82) is 0 Å². The number of aliphatic hydroxyl groups excluding tert-OH is 1. The molecule has 0 unspecified atom stereocenters. The molecule has 9 nitrogen and oxygen atoms in total. The van der Waals surface area contributed by atoms with Gasteiger partial charge in [0.2, 0.25) is 0 Å². The van der Waals surface area contributed by atoms with Crippen molar-refractivity contribution in [2.45, 2.75) is 57.6 Å². The fourth-order valence-corrected chi connectivity index (χ4v) is 4.03. The smallest absolute Gasteiger partial charge is 0.300 e. The molecular formula is C24H31N5O4. The Labute approximate surface area is 193 Å². The molecule has 4 N–H and O–H groups in total. The van der Waals surface area contributed by atoms with Crippen LogP contribution in [0.1, 0.15) is 54.9 Å². The number of methoxy groups -OCH3 is 1. The second kappa shape index (κ2) is 11.0. The summed E-state index contributed by atoms with van der Waals surface area (Å²) in [5.41, 5.74) is 9.20. The van der Waals surface area contributed by atoms with Crippen LogP contribution in [0, 0.1) is 6.92 Å². The lowest BCUT2D eigenvalue weighted by atomic mass is 9.83. The Bertz CT molecular complexity index is 1080. The SMILES string of the molecule is CC(=O)O.COc1ccccc1Cc1nc([C@H]2CC[C@@H](O)[C@H](N)C2)n(-c2ccncc2C)n1. The van der Waals surface area contributed by atoms with Gasteiger partial charge in [-0.3, -0.25) is 9.78 Å². The molecule has 9 heteroatoms. The van der Waals surface area contributed by atoms with Crippen molar-refractivity contribution < 1.29 is 19.7 Å². The van der Waals surface area contributed by atoms with E-state index in [0.717, 1.165) is 47.6 Å². The Morgan fingerprint density at radius 3 is 2.67 bits per heavy atom. The third-order valence-electron chi connectivity index (χ3n) is 5.66. The third-order valence-corrected chi connectivity index (χ3v) is 5.66. The van der Waals surface area contributed by atoms with Gasteiger partial charge in [0.1, 0.15) is 11.6 Å². The summed E-state index contributed by atoms with van der Waals surface area (Å²) >= 11 is 0. The zero-order valence-corrected chi connectivity index (χ0v) is 19.2. The molecule has 0 aliphatic heterocycles. The molecule has 1 fully saturated rings. The van der Waals surface area contributed by atoms with Crippen molar-refractivity contribution >= 4 is 5.97 Å². The van der Waals surface area contributed by atoms with Crippen molar-refractivity contribution in [1.82, 2.24) is 19.7 Å². The van der Waals surface area contributed by atoms with Gasteiger partial charge in [0.25, 0.3) is 5.97 Å². The average Bonchev–Trinajstić information content (AvgIpc) is 3.19. The molecule has 0 spiro atoms. The van der Waals surface area contributed by atoms with Crippen LogP contribution in [0.15, 0.2) is 42.7 Å². The van der Waals surface area contributed by atoms with E-state index in [-0.39, 0.29) is 12.0 Å². The van der Waals surface area contributed by atoms with Gasteiger partial charge in [-0.25, -0.2) is 9.67 Å². The van der Waals surface area contributed by atoms with Crippen LogP contribution in [0.25, 0.3) is 5.69 Å². The molecule has 3 atom stereocenters. The number of nitrogens with zero attached hydrogens (tertiary/aromatic N) is 4. The highest BCUT2D eigenvalue weighted by Gasteiger charge is 2.31. The minimum Gasteiger partial charge on any atom is -0.496 e. The molecule has 0 radical (unpaired) electrons. The number of carbonyl (C=O) groups is 1. The zero-order valence-electron chi connectivity index (χ0n) is 19.2. The molecule has 0 bridgehead atoms. The summed E-state index contributed by atoms with van der Waals surface area (Å²) in [5, 5.41) is 22.3. The van der Waals surface area contributed by atoms with Crippen LogP contribution in [-0.4, -0.2) is 55.2 Å². The molecule has 0 amide bonds. The summed E-state index contributed by atoms with van der Waals surface area (Å²) in [4.78, 5) is 18.1. The number of pyridine rings is 1. The molecule has 4 rings (SSSR count). The van der Waals surface area contributed by atoms with Crippen molar-refractivity contribution in [3.8, 4) is 11.4 Å². The Morgan fingerprint density at radius 1 is 1.27 bits per heavy atom. The second-order valence-corrected chi connectivity index (χ2v) is 8.21. The van der Waals surface area contributed by atoms with Crippen molar-refractivity contribution in [3.05, 3.63) is 65.5 Å². The van der Waals surface area contributed by atoms with E-state index in [0.29, 0.717) is 19.3 Å². The van der Waals surface area contributed by atoms with E-state index in [1.54, 1.807) is 13.3 Å². The number of nitrogens with two attached hydrogens (primary N) is 1. The first-order chi connectivity index (χ1) is 15.8. The number of hydrogen-bond donors (Lipinski definition) is 3. The molecule has 0 saturated heterocycles. The first kappa shape index (κ1) is 24.3. The maximum atomic E-state index is 10.0. The van der Waals surface area contributed by atoms with Crippen LogP contribution >= 0.6 is 0 Å². The van der Waals surface area contributed by atoms with Crippen LogP contribution < -0.4 is 10.5 Å². The molecule has 176 valence electrons. The molecule has 1 aliphatic rings. The molecular weight excluding hydrogens is 422 g/mol. The normalized spacial score (nSPS) is 20.0. The lowest BCUT2D eigenvalue weighted by Crippen LogP contribution is -2.40. The first-order valence-electron chi connectivity index (χ1n) is 10.9. The lowest BCUT2D eigenvalue weighted by molar-refractivity contribution is -0.134. The zero-order chi connectivity index (χ0) is 24.0. The molecule has 2 heterocycles. The fourth-order valence-electron chi connectivity index (χ4n) is 4.03. The predicted molar refractivity (Wildman–Crippen MR) is 124 cm³/mol. The maximum Gasteiger partial charge on any atom is 0.300 e. The highest BCUT2D eigenvalue weighted by atomic mass is 16.5. The Kier molecular flexibility index (Phi) is 8.13. The topological polar surface area (TPSA) is 136 Å². The van der Waals surface area contributed by atoms with Crippen LogP contribution in [0.3, 0.4) is 0 Å². The standard InChI is InChI=1S/C22H27N5O2.C2H4O2/c1-14-13-24-10-9-18(14)27-22(16-7-8-19(28)17(23)11-16)25-21(26-27)12-15-5-3-4-6-20(15)29-2;1-2(3)4/h3-6,9-10,13,16-17,19,28H,7-8,11-12,23H2,1-2H3;1H3,(H,3,4)/t16-,17+,19+;/m0./s1. The lowest BCUT2D eigenvalue weighted by Gasteiger charge is -2.30. The number of para-hydroxylation sites is 1. The number of carboxylic acids is 1. The van der Waals surface area contributed by atoms with E-state index < -0.39 is 12.1 Å². The molecule has 1 aliphatic carbocycles. The number of hydrogen-bond acceptors (Lipinski definition) is 7. The molecule has 33 heavy (non-hydrogen) atoms. The Hall–Kier alpha value is -3.30. The van der Waals surface area contributed by atoms with Crippen LogP contribution in [0.5, 0.6) is 5.75 Å². The van der Waals surface area contributed by atoms with Crippen LogP contribution in [0.2, 0.25) is 0 Å². The predicted octanol–water partition coefficient (Wildman–Crippen LogP) is 2.62. The summed E-state index contributed by atoms with van der Waals surface area (Å²) in [6, 6.07) is 9.64. The average molecular weight is 454 g/mol. The Balaban J connectivity index is 0.000000709. The summed E-state index contributed by atoms with van der Waals surface area (Å²) in [6.07, 6.45) is 5.94. The van der Waals surface area contributed by atoms with E-state index in [4.69, 9.17) is 30.5 Å². The first-order valence-corrected chi connectivity index (χ1v) is 10.9. The number of ether oxygens (including phenoxy) is 1. The van der Waals surface area contributed by atoms with Gasteiger partial charge in [-0.2, -0.15) is 5.10 Å². The van der Waals surface area contributed by atoms with E-state index in [2.05, 4.69) is 4.98 Å². The number of benzene rings is 1. The van der Waals surface area contributed by atoms with Gasteiger partial charge in [-0.1, -0.05) is 18.2 Å². The number of aliphatic carboxylic acids is 1. The largest absolute Gasteiger partial charge is 0.496 e. The van der Waals surface area contributed by atoms with E-state index in [9.17, 15) is 5.11 Å². The van der Waals surface area contributed by atoms with E-state index in [1.807, 2.05) is 48.1 Å². The Morgan fingerprint density at radius 2 is 2.00 bits per heavy atom. The van der Waals surface area contributed by atoms with Gasteiger partial charge in [0.05, 0.1) is 18.9 Å². The number of rotatable bonds is 5. The number of aliphatic hydroxyl groups is 1. The quantitative estimate of drug-likeness (QED) is 0.536. The number of aryl methyl sites for hydroxylation is 1. The molecule has 2 aromatic heterocycles. The highest BCUT2D eigenvalue weighted by Crippen LogP contribution is 2.33. The monoisotopic (exact) mass is 453 g/mol. The summed E-state index contributed by atoms with van der Waals surface area (Å²) < 4.78 is 7.41. The molecule has 3 aromatic rings. The third kappa shape index (κ3) is 6.15.